The number of allylic oxidation sites excluding steroid dienone is 4. The third kappa shape index (κ3) is 51.6. The summed E-state index contributed by atoms with van der Waals surface area (Å²) < 4.78 is 22.9. The maximum Gasteiger partial charge on any atom is 0.361 e. The van der Waals surface area contributed by atoms with Gasteiger partial charge in [0.25, 0.3) is 6.29 Å². The predicted octanol–water partition coefficient (Wildman–Crippen LogP) is 16.7. The lowest BCUT2D eigenvalue weighted by Gasteiger charge is -2.25. The molecule has 2 atom stereocenters. The molecule has 0 spiro atoms. The maximum atomic E-state index is 12.8. The van der Waals surface area contributed by atoms with E-state index in [9.17, 15) is 19.5 Å². The number of hydrogen-bond donors (Lipinski definition) is 1. The standard InChI is InChI=1S/C59H111NO8/c1-6-8-10-12-14-16-18-20-22-24-26-27-28-29-30-31-32-34-35-37-39-41-43-45-47-49-56(61)66-53-55(54-67-59(58(63)64)65-52-51-60(3,4)5)68-57(62)50-48-46-44-42-40-38-36-33-25-23-21-19-17-15-13-11-9-7-2/h17,19,23,25,55,59H,6-16,18,20-22,24,26-54H2,1-5H3/p+1/b19-17-,25-23-. The molecule has 0 radical (unpaired) electrons. The molecule has 9 nitrogen and oxygen atoms in total. The highest BCUT2D eigenvalue weighted by atomic mass is 16.7. The van der Waals surface area contributed by atoms with Crippen LogP contribution in [0, 0.1) is 0 Å². The van der Waals surface area contributed by atoms with Crippen LogP contribution < -0.4 is 0 Å². The van der Waals surface area contributed by atoms with Crippen LogP contribution in [0.4, 0.5) is 0 Å². The van der Waals surface area contributed by atoms with Gasteiger partial charge in [-0.25, -0.2) is 4.79 Å². The van der Waals surface area contributed by atoms with E-state index in [0.29, 0.717) is 23.9 Å². The van der Waals surface area contributed by atoms with E-state index in [2.05, 4.69) is 38.2 Å². The average molecular weight is 964 g/mol. The number of carbonyl (C=O) groups is 3. The van der Waals surface area contributed by atoms with Crippen LogP contribution in [-0.2, 0) is 33.3 Å². The molecule has 0 aliphatic heterocycles. The number of carbonyl (C=O) groups excluding carboxylic acids is 2. The lowest BCUT2D eigenvalue weighted by Crippen LogP contribution is -2.40. The molecule has 0 heterocycles. The zero-order valence-electron chi connectivity index (χ0n) is 45.5. The first-order valence-corrected chi connectivity index (χ1v) is 29.0. The van der Waals surface area contributed by atoms with Gasteiger partial charge in [0.05, 0.1) is 34.4 Å². The predicted molar refractivity (Wildman–Crippen MR) is 286 cm³/mol. The van der Waals surface area contributed by atoms with Crippen molar-refractivity contribution in [3.05, 3.63) is 24.3 Å². The Hall–Kier alpha value is -2.23. The largest absolute Gasteiger partial charge is 0.477 e. The fourth-order valence-corrected chi connectivity index (χ4v) is 8.46. The minimum Gasteiger partial charge on any atom is -0.477 e. The van der Waals surface area contributed by atoms with Gasteiger partial charge < -0.3 is 28.5 Å². The third-order valence-corrected chi connectivity index (χ3v) is 13.0. The molecular weight excluding hydrogens is 851 g/mol. The molecule has 0 rings (SSSR count). The Labute approximate surface area is 420 Å². The number of carboxylic acids is 1. The molecule has 1 N–H and O–H groups in total. The fourth-order valence-electron chi connectivity index (χ4n) is 8.46. The number of likely N-dealkylation sites (N-methyl/N-ethyl adjacent to an activating group) is 1. The van der Waals surface area contributed by atoms with Gasteiger partial charge in [0.15, 0.2) is 6.10 Å². The topological polar surface area (TPSA) is 108 Å². The molecular formula is C59H112NO8+. The average Bonchev–Trinajstić information content (AvgIpc) is 3.30. The van der Waals surface area contributed by atoms with Crippen molar-refractivity contribution in [1.29, 1.82) is 0 Å². The summed E-state index contributed by atoms with van der Waals surface area (Å²) in [4.78, 5) is 37.4. The summed E-state index contributed by atoms with van der Waals surface area (Å²) in [5, 5.41) is 9.69. The van der Waals surface area contributed by atoms with E-state index in [0.717, 1.165) is 51.4 Å². The Kier molecular flexibility index (Phi) is 49.5. The fraction of sp³-hybridized carbons (Fsp3) is 0.881. The molecule has 0 fully saturated rings. The molecule has 68 heavy (non-hydrogen) atoms. The lowest BCUT2D eigenvalue weighted by atomic mass is 10.0. The van der Waals surface area contributed by atoms with Crippen molar-refractivity contribution in [2.24, 2.45) is 0 Å². The Balaban J connectivity index is 4.19. The van der Waals surface area contributed by atoms with Crippen LogP contribution in [0.3, 0.4) is 0 Å². The SMILES string of the molecule is CCCCCC/C=C\C/C=C\CCCCCCCCCC(=O)OC(COC(=O)CCCCCCCCCCCCCCCCCCCCCCCCCCC)COC(OCC[N+](C)(C)C)C(=O)O. The lowest BCUT2D eigenvalue weighted by molar-refractivity contribution is -0.870. The van der Waals surface area contributed by atoms with Crippen LogP contribution in [0.15, 0.2) is 24.3 Å². The number of carboxylic acid groups (broad SMARTS) is 1. The van der Waals surface area contributed by atoms with Gasteiger partial charge in [0.1, 0.15) is 13.2 Å². The monoisotopic (exact) mass is 963 g/mol. The zero-order chi connectivity index (χ0) is 49.9. The van der Waals surface area contributed by atoms with Crippen molar-refractivity contribution in [3.8, 4) is 0 Å². The second-order valence-corrected chi connectivity index (χ2v) is 21.0. The van der Waals surface area contributed by atoms with Crippen molar-refractivity contribution in [3.63, 3.8) is 0 Å². The van der Waals surface area contributed by atoms with Crippen LogP contribution >= 0.6 is 0 Å². The zero-order valence-corrected chi connectivity index (χ0v) is 45.5. The summed E-state index contributed by atoms with van der Waals surface area (Å²) in [7, 11) is 5.97. The number of unbranched alkanes of at least 4 members (excludes halogenated alkanes) is 35. The van der Waals surface area contributed by atoms with Crippen molar-refractivity contribution in [2.75, 3.05) is 47.5 Å². The summed E-state index contributed by atoms with van der Waals surface area (Å²) in [6.45, 7) is 4.90. The number of rotatable bonds is 54. The molecule has 0 aliphatic carbocycles. The Bertz CT molecular complexity index is 1170. The van der Waals surface area contributed by atoms with Crippen LogP contribution in [-0.4, -0.2) is 87.4 Å². The van der Waals surface area contributed by atoms with E-state index in [1.807, 2.05) is 21.1 Å². The van der Waals surface area contributed by atoms with E-state index in [1.165, 1.54) is 193 Å². The Morgan fingerprint density at radius 3 is 1.18 bits per heavy atom. The summed E-state index contributed by atoms with van der Waals surface area (Å²) in [6.07, 6.45) is 56.8. The summed E-state index contributed by atoms with van der Waals surface area (Å²) >= 11 is 0. The molecule has 0 aliphatic rings. The Morgan fingerprint density at radius 1 is 0.441 bits per heavy atom. The number of ether oxygens (including phenoxy) is 4. The summed E-state index contributed by atoms with van der Waals surface area (Å²) in [5.41, 5.74) is 0. The molecule has 0 aromatic heterocycles. The molecule has 9 heteroatoms. The molecule has 0 saturated carbocycles. The molecule has 0 amide bonds. The number of esters is 2. The molecule has 0 aromatic carbocycles. The molecule has 2 unspecified atom stereocenters. The van der Waals surface area contributed by atoms with Crippen LogP contribution in [0.5, 0.6) is 0 Å². The minimum atomic E-state index is -1.51. The molecule has 0 aromatic rings. The normalized spacial score (nSPS) is 12.9. The Morgan fingerprint density at radius 2 is 0.794 bits per heavy atom. The first-order valence-electron chi connectivity index (χ1n) is 29.0. The van der Waals surface area contributed by atoms with Crippen LogP contribution in [0.1, 0.15) is 277 Å². The van der Waals surface area contributed by atoms with Gasteiger partial charge in [-0.2, -0.15) is 0 Å². The van der Waals surface area contributed by atoms with Gasteiger partial charge in [0, 0.05) is 12.8 Å². The van der Waals surface area contributed by atoms with Gasteiger partial charge >= 0.3 is 17.9 Å². The summed E-state index contributed by atoms with van der Waals surface area (Å²) in [5.74, 6) is -2.00. The first kappa shape index (κ1) is 65.8. The highest BCUT2D eigenvalue weighted by molar-refractivity contribution is 5.71. The minimum absolute atomic E-state index is 0.180. The number of nitrogens with zero attached hydrogens (tertiary/aromatic N) is 1. The van der Waals surface area contributed by atoms with Gasteiger partial charge in [-0.1, -0.05) is 244 Å². The van der Waals surface area contributed by atoms with Gasteiger partial charge in [0.2, 0.25) is 0 Å². The van der Waals surface area contributed by atoms with E-state index in [-0.39, 0.29) is 32.2 Å². The highest BCUT2D eigenvalue weighted by Crippen LogP contribution is 2.17. The van der Waals surface area contributed by atoms with Crippen molar-refractivity contribution >= 4 is 17.9 Å². The van der Waals surface area contributed by atoms with Gasteiger partial charge in [-0.15, -0.1) is 0 Å². The maximum absolute atomic E-state index is 12.8. The molecule has 400 valence electrons. The second-order valence-electron chi connectivity index (χ2n) is 21.0. The van der Waals surface area contributed by atoms with E-state index in [1.54, 1.807) is 0 Å². The number of hydrogen-bond acceptors (Lipinski definition) is 7. The van der Waals surface area contributed by atoms with Gasteiger partial charge in [-0.3, -0.25) is 9.59 Å². The quantitative estimate of drug-likeness (QED) is 0.0211. The third-order valence-electron chi connectivity index (χ3n) is 13.0. The number of quaternary nitrogens is 1. The smallest absolute Gasteiger partial charge is 0.361 e. The number of aliphatic carboxylic acids is 1. The van der Waals surface area contributed by atoms with Crippen molar-refractivity contribution in [2.45, 2.75) is 289 Å². The van der Waals surface area contributed by atoms with Crippen molar-refractivity contribution < 1.29 is 42.9 Å². The highest BCUT2D eigenvalue weighted by Gasteiger charge is 2.25. The van der Waals surface area contributed by atoms with E-state index in [4.69, 9.17) is 18.9 Å². The van der Waals surface area contributed by atoms with Crippen LogP contribution in [0.25, 0.3) is 0 Å². The first-order chi connectivity index (χ1) is 33.1. The van der Waals surface area contributed by atoms with E-state index < -0.39 is 24.3 Å². The second kappa shape index (κ2) is 51.1. The molecule has 0 bridgehead atoms. The molecule has 0 saturated heterocycles. The van der Waals surface area contributed by atoms with Gasteiger partial charge in [-0.05, 0) is 44.9 Å². The van der Waals surface area contributed by atoms with Crippen LogP contribution in [0.2, 0.25) is 0 Å². The summed E-state index contributed by atoms with van der Waals surface area (Å²) in [6, 6.07) is 0. The van der Waals surface area contributed by atoms with E-state index >= 15 is 0 Å². The van der Waals surface area contributed by atoms with Crippen molar-refractivity contribution in [1.82, 2.24) is 0 Å².